The third-order valence-corrected chi connectivity index (χ3v) is 4.60. The summed E-state index contributed by atoms with van der Waals surface area (Å²) in [6.45, 7) is 1.60. The third kappa shape index (κ3) is 4.86. The number of carbonyl (C=O) groups is 2. The number of rotatable bonds is 6. The van der Waals surface area contributed by atoms with E-state index in [0.717, 1.165) is 10.6 Å². The molecule has 0 radical (unpaired) electrons. The number of non-ortho nitro benzene ring substituents is 1. The van der Waals surface area contributed by atoms with Crippen LogP contribution in [-0.4, -0.2) is 39.3 Å². The summed E-state index contributed by atoms with van der Waals surface area (Å²) in [7, 11) is 0. The Balaban J connectivity index is 1.60. The number of benzene rings is 2. The van der Waals surface area contributed by atoms with Crippen molar-refractivity contribution in [3.63, 3.8) is 0 Å². The van der Waals surface area contributed by atoms with Crippen molar-refractivity contribution in [1.82, 2.24) is 10.4 Å². The van der Waals surface area contributed by atoms with Crippen LogP contribution >= 0.6 is 11.8 Å². The molecule has 1 aliphatic rings. The minimum absolute atomic E-state index is 0.0755. The zero-order chi connectivity index (χ0) is 20.1. The quantitative estimate of drug-likeness (QED) is 0.589. The lowest BCUT2D eigenvalue weighted by Crippen LogP contribution is -2.47. The molecule has 1 fully saturated rings. The maximum absolute atomic E-state index is 12.1. The van der Waals surface area contributed by atoms with Gasteiger partial charge in [-0.3, -0.25) is 25.1 Å². The maximum atomic E-state index is 12.1. The van der Waals surface area contributed by atoms with Crippen molar-refractivity contribution in [2.75, 3.05) is 12.4 Å². The second-order valence-electron chi connectivity index (χ2n) is 5.82. The highest BCUT2D eigenvalue weighted by Gasteiger charge is 2.30. The number of ether oxygens (including phenoxy) is 1. The van der Waals surface area contributed by atoms with Gasteiger partial charge in [-0.15, -0.1) is 0 Å². The Morgan fingerprint density at radius 3 is 2.57 bits per heavy atom. The summed E-state index contributed by atoms with van der Waals surface area (Å²) in [4.78, 5) is 38.7. The van der Waals surface area contributed by atoms with E-state index in [-0.39, 0.29) is 24.0 Å². The number of nitrogens with zero attached hydrogens (tertiary/aromatic N) is 3. The molecule has 0 unspecified atom stereocenters. The van der Waals surface area contributed by atoms with Gasteiger partial charge >= 0.3 is 0 Å². The van der Waals surface area contributed by atoms with Gasteiger partial charge in [0.25, 0.3) is 17.5 Å². The molecule has 2 aromatic carbocycles. The number of aliphatic imine (C=N–C) groups is 1. The summed E-state index contributed by atoms with van der Waals surface area (Å²) >= 11 is 1.23. The Morgan fingerprint density at radius 1 is 1.25 bits per heavy atom. The van der Waals surface area contributed by atoms with Gasteiger partial charge in [0.15, 0.2) is 11.8 Å². The minimum atomic E-state index is -0.550. The first kappa shape index (κ1) is 19.4. The first-order valence-electron chi connectivity index (χ1n) is 8.20. The largest absolute Gasteiger partial charge is 0.484 e. The third-order valence-electron chi connectivity index (χ3n) is 3.68. The number of carbonyl (C=O) groups excluding carboxylic acids is 2. The van der Waals surface area contributed by atoms with Gasteiger partial charge in [0, 0.05) is 12.1 Å². The maximum Gasteiger partial charge on any atom is 0.276 e. The number of hydrazine groups is 1. The highest BCUT2D eigenvalue weighted by Crippen LogP contribution is 2.22. The van der Waals surface area contributed by atoms with Crippen LogP contribution in [0.3, 0.4) is 0 Å². The molecule has 0 spiro atoms. The lowest BCUT2D eigenvalue weighted by Gasteiger charge is -2.17. The number of aryl methyl sites for hydroxylation is 1. The van der Waals surface area contributed by atoms with Crippen LogP contribution in [0.15, 0.2) is 53.5 Å². The summed E-state index contributed by atoms with van der Waals surface area (Å²) in [5.74, 6) is -0.365. The van der Waals surface area contributed by atoms with Crippen LogP contribution < -0.4 is 10.2 Å². The first-order chi connectivity index (χ1) is 13.4. The van der Waals surface area contributed by atoms with Crippen molar-refractivity contribution >= 4 is 40.1 Å². The molecule has 0 saturated carbocycles. The van der Waals surface area contributed by atoms with Gasteiger partial charge in [-0.1, -0.05) is 29.5 Å². The minimum Gasteiger partial charge on any atom is -0.484 e. The van der Waals surface area contributed by atoms with E-state index in [9.17, 15) is 19.7 Å². The predicted octanol–water partition coefficient (Wildman–Crippen LogP) is 2.58. The smallest absolute Gasteiger partial charge is 0.276 e. The van der Waals surface area contributed by atoms with Crippen LogP contribution in [0.1, 0.15) is 5.56 Å². The van der Waals surface area contributed by atoms with Crippen LogP contribution in [0.25, 0.3) is 0 Å². The van der Waals surface area contributed by atoms with E-state index in [4.69, 9.17) is 4.74 Å². The first-order valence-corrected chi connectivity index (χ1v) is 9.19. The molecule has 1 heterocycles. The Morgan fingerprint density at radius 2 is 1.93 bits per heavy atom. The SMILES string of the molecule is Cc1ccc(N=C2SCC(=O)N2NC(=O)COc2ccc([N+](=O)[O-])cc2)cc1. The van der Waals surface area contributed by atoms with Gasteiger partial charge in [0.1, 0.15) is 5.75 Å². The Kier molecular flexibility index (Phi) is 5.90. The number of amidine groups is 1. The van der Waals surface area contributed by atoms with E-state index in [1.807, 2.05) is 31.2 Å². The van der Waals surface area contributed by atoms with Crippen LogP contribution in [-0.2, 0) is 9.59 Å². The van der Waals surface area contributed by atoms with Gasteiger partial charge in [0.2, 0.25) is 0 Å². The second-order valence-corrected chi connectivity index (χ2v) is 6.76. The monoisotopic (exact) mass is 400 g/mol. The molecule has 144 valence electrons. The van der Waals surface area contributed by atoms with E-state index in [0.29, 0.717) is 16.6 Å². The Bertz CT molecular complexity index is 928. The number of nitrogens with one attached hydrogen (secondary N) is 1. The zero-order valence-corrected chi connectivity index (χ0v) is 15.6. The number of amides is 2. The summed E-state index contributed by atoms with van der Waals surface area (Å²) in [5, 5.41) is 12.1. The summed E-state index contributed by atoms with van der Waals surface area (Å²) in [6.07, 6.45) is 0. The fourth-order valence-corrected chi connectivity index (χ4v) is 3.08. The molecule has 3 rings (SSSR count). The average molecular weight is 400 g/mol. The van der Waals surface area contributed by atoms with Crippen molar-refractivity contribution in [3.8, 4) is 5.75 Å². The average Bonchev–Trinajstić information content (AvgIpc) is 3.02. The molecule has 0 bridgehead atoms. The van der Waals surface area contributed by atoms with Crippen LogP contribution in [0.5, 0.6) is 5.75 Å². The zero-order valence-electron chi connectivity index (χ0n) is 14.8. The predicted molar refractivity (Wildman–Crippen MR) is 104 cm³/mol. The second kappa shape index (κ2) is 8.53. The van der Waals surface area contributed by atoms with E-state index < -0.39 is 10.8 Å². The number of nitro groups is 1. The molecule has 9 nitrogen and oxygen atoms in total. The molecule has 0 aromatic heterocycles. The molecule has 2 amide bonds. The normalized spacial score (nSPS) is 15.0. The molecule has 28 heavy (non-hydrogen) atoms. The van der Waals surface area contributed by atoms with Crippen molar-refractivity contribution in [2.45, 2.75) is 6.92 Å². The van der Waals surface area contributed by atoms with Crippen molar-refractivity contribution in [2.24, 2.45) is 4.99 Å². The Labute approximate surface area is 164 Å². The molecular formula is C18H16N4O5S. The lowest BCUT2D eigenvalue weighted by atomic mass is 10.2. The number of nitro benzene ring substituents is 1. The molecular weight excluding hydrogens is 384 g/mol. The summed E-state index contributed by atoms with van der Waals surface area (Å²) in [5.41, 5.74) is 4.16. The van der Waals surface area contributed by atoms with Gasteiger partial charge in [-0.25, -0.2) is 4.99 Å². The van der Waals surface area contributed by atoms with Crippen LogP contribution in [0, 0.1) is 17.0 Å². The number of hydrogen-bond donors (Lipinski definition) is 1. The Hall–Kier alpha value is -3.40. The topological polar surface area (TPSA) is 114 Å². The fourth-order valence-electron chi connectivity index (χ4n) is 2.25. The summed E-state index contributed by atoms with van der Waals surface area (Å²) in [6, 6.07) is 12.8. The number of thioether (sulfide) groups is 1. The van der Waals surface area contributed by atoms with E-state index >= 15 is 0 Å². The fraction of sp³-hybridized carbons (Fsp3) is 0.167. The van der Waals surface area contributed by atoms with E-state index in [2.05, 4.69) is 10.4 Å². The van der Waals surface area contributed by atoms with E-state index in [1.165, 1.54) is 36.0 Å². The van der Waals surface area contributed by atoms with Gasteiger partial charge in [-0.05, 0) is 31.2 Å². The van der Waals surface area contributed by atoms with E-state index in [1.54, 1.807) is 0 Å². The standard InChI is InChI=1S/C18H16N4O5S/c1-12-2-4-13(5-3-12)19-18-21(17(24)11-28-18)20-16(23)10-27-15-8-6-14(7-9-15)22(25)26/h2-9H,10-11H2,1H3,(H,20,23). The molecule has 10 heteroatoms. The van der Waals surface area contributed by atoms with Crippen molar-refractivity contribution in [1.29, 1.82) is 0 Å². The molecule has 1 N–H and O–H groups in total. The highest BCUT2D eigenvalue weighted by molar-refractivity contribution is 8.15. The lowest BCUT2D eigenvalue weighted by molar-refractivity contribution is -0.384. The van der Waals surface area contributed by atoms with Gasteiger partial charge in [-0.2, -0.15) is 5.01 Å². The molecule has 1 aliphatic heterocycles. The van der Waals surface area contributed by atoms with Crippen LogP contribution in [0.4, 0.5) is 11.4 Å². The highest BCUT2D eigenvalue weighted by atomic mass is 32.2. The van der Waals surface area contributed by atoms with Gasteiger partial charge < -0.3 is 4.74 Å². The van der Waals surface area contributed by atoms with Crippen LogP contribution in [0.2, 0.25) is 0 Å². The number of hydrogen-bond acceptors (Lipinski definition) is 7. The van der Waals surface area contributed by atoms with Crippen molar-refractivity contribution < 1.29 is 19.2 Å². The molecule has 1 saturated heterocycles. The summed E-state index contributed by atoms with van der Waals surface area (Å²) < 4.78 is 5.30. The van der Waals surface area contributed by atoms with Crippen molar-refractivity contribution in [3.05, 3.63) is 64.2 Å². The molecule has 0 atom stereocenters. The molecule has 2 aromatic rings. The molecule has 0 aliphatic carbocycles. The van der Waals surface area contributed by atoms with Gasteiger partial charge in [0.05, 0.1) is 16.4 Å².